The SMILES string of the molecule is CC(N)c1ccc(Br)cc1N(CC#N)CC#N. The van der Waals surface area contributed by atoms with Crippen LogP contribution in [-0.4, -0.2) is 13.1 Å². The molecular weight excluding hydrogens is 280 g/mol. The molecule has 17 heavy (non-hydrogen) atoms. The van der Waals surface area contributed by atoms with Gasteiger partial charge in [-0.1, -0.05) is 22.0 Å². The van der Waals surface area contributed by atoms with Crippen molar-refractivity contribution in [2.75, 3.05) is 18.0 Å². The summed E-state index contributed by atoms with van der Waals surface area (Å²) in [7, 11) is 0. The second kappa shape index (κ2) is 6.24. The first-order valence-electron chi connectivity index (χ1n) is 5.14. The third-order valence-corrected chi connectivity index (χ3v) is 2.84. The van der Waals surface area contributed by atoms with Crippen molar-refractivity contribution >= 4 is 21.6 Å². The lowest BCUT2D eigenvalue weighted by molar-refractivity contribution is 0.805. The van der Waals surface area contributed by atoms with Crippen LogP contribution in [0.3, 0.4) is 0 Å². The molecule has 0 aliphatic heterocycles. The molecule has 0 aliphatic carbocycles. The summed E-state index contributed by atoms with van der Waals surface area (Å²) in [5.74, 6) is 0. The molecule has 0 bridgehead atoms. The second-order valence-corrected chi connectivity index (χ2v) is 4.58. The first-order chi connectivity index (χ1) is 8.10. The van der Waals surface area contributed by atoms with E-state index in [-0.39, 0.29) is 19.1 Å². The summed E-state index contributed by atoms with van der Waals surface area (Å²) in [6.45, 7) is 2.22. The number of hydrogen-bond donors (Lipinski definition) is 1. The zero-order valence-corrected chi connectivity index (χ0v) is 11.1. The lowest BCUT2D eigenvalue weighted by atomic mass is 10.1. The minimum Gasteiger partial charge on any atom is -0.345 e. The fourth-order valence-electron chi connectivity index (χ4n) is 1.57. The molecule has 1 aromatic rings. The maximum atomic E-state index is 8.78. The van der Waals surface area contributed by atoms with Gasteiger partial charge in [0.15, 0.2) is 0 Å². The molecule has 0 saturated heterocycles. The standard InChI is InChI=1S/C12H13BrN4/c1-9(16)11-3-2-10(13)8-12(11)17(6-4-14)7-5-15/h2-3,8-9H,6-7,16H2,1H3. The molecule has 1 unspecified atom stereocenters. The maximum absolute atomic E-state index is 8.78. The van der Waals surface area contributed by atoms with Gasteiger partial charge in [-0.2, -0.15) is 10.5 Å². The lowest BCUT2D eigenvalue weighted by Crippen LogP contribution is -2.26. The average molecular weight is 293 g/mol. The Hall–Kier alpha value is -1.56. The van der Waals surface area contributed by atoms with Crippen molar-refractivity contribution in [1.29, 1.82) is 10.5 Å². The fourth-order valence-corrected chi connectivity index (χ4v) is 1.92. The number of anilines is 1. The van der Waals surface area contributed by atoms with Crippen molar-refractivity contribution in [3.8, 4) is 12.1 Å². The molecule has 0 amide bonds. The maximum Gasteiger partial charge on any atom is 0.106 e. The van der Waals surface area contributed by atoms with Crippen molar-refractivity contribution in [1.82, 2.24) is 0 Å². The molecule has 0 fully saturated rings. The van der Waals surface area contributed by atoms with Gasteiger partial charge in [-0.3, -0.25) is 0 Å². The molecular formula is C12H13BrN4. The van der Waals surface area contributed by atoms with Crippen LogP contribution in [0.4, 0.5) is 5.69 Å². The Balaban J connectivity index is 3.21. The number of nitrogens with two attached hydrogens (primary N) is 1. The molecule has 88 valence electrons. The molecule has 0 radical (unpaired) electrons. The Kier molecular flexibility index (Phi) is 4.96. The number of rotatable bonds is 4. The van der Waals surface area contributed by atoms with Crippen LogP contribution in [0.2, 0.25) is 0 Å². The van der Waals surface area contributed by atoms with Gasteiger partial charge in [0.05, 0.1) is 12.1 Å². The highest BCUT2D eigenvalue weighted by Crippen LogP contribution is 2.28. The largest absolute Gasteiger partial charge is 0.345 e. The number of nitrogens with zero attached hydrogens (tertiary/aromatic N) is 3. The fraction of sp³-hybridized carbons (Fsp3) is 0.333. The molecule has 0 aliphatic rings. The Morgan fingerprint density at radius 1 is 1.35 bits per heavy atom. The summed E-state index contributed by atoms with van der Waals surface area (Å²) in [5.41, 5.74) is 7.65. The van der Waals surface area contributed by atoms with Crippen LogP contribution in [0.5, 0.6) is 0 Å². The third-order valence-electron chi connectivity index (χ3n) is 2.35. The van der Waals surface area contributed by atoms with Gasteiger partial charge in [-0.15, -0.1) is 0 Å². The van der Waals surface area contributed by atoms with E-state index in [4.69, 9.17) is 16.3 Å². The van der Waals surface area contributed by atoms with Crippen LogP contribution in [0.1, 0.15) is 18.5 Å². The first kappa shape index (κ1) is 13.5. The average Bonchev–Trinajstić information content (AvgIpc) is 2.28. The van der Waals surface area contributed by atoms with Crippen molar-refractivity contribution in [2.24, 2.45) is 5.73 Å². The number of nitriles is 2. The third kappa shape index (κ3) is 3.45. The van der Waals surface area contributed by atoms with Gasteiger partial charge < -0.3 is 10.6 Å². The van der Waals surface area contributed by atoms with E-state index in [0.717, 1.165) is 15.7 Å². The summed E-state index contributed by atoms with van der Waals surface area (Å²) in [6, 6.07) is 9.66. The molecule has 4 nitrogen and oxygen atoms in total. The molecule has 0 spiro atoms. The number of benzene rings is 1. The van der Waals surface area contributed by atoms with Crippen LogP contribution in [0.15, 0.2) is 22.7 Å². The van der Waals surface area contributed by atoms with E-state index in [1.807, 2.05) is 25.1 Å². The molecule has 2 N–H and O–H groups in total. The van der Waals surface area contributed by atoms with Crippen molar-refractivity contribution in [2.45, 2.75) is 13.0 Å². The molecule has 1 aromatic carbocycles. The van der Waals surface area contributed by atoms with Crippen LogP contribution < -0.4 is 10.6 Å². The predicted octanol–water partition coefficient (Wildman–Crippen LogP) is 2.32. The van der Waals surface area contributed by atoms with Gasteiger partial charge in [0, 0.05) is 16.2 Å². The van der Waals surface area contributed by atoms with Crippen molar-refractivity contribution in [3.05, 3.63) is 28.2 Å². The molecule has 1 rings (SSSR count). The highest BCUT2D eigenvalue weighted by atomic mass is 79.9. The minimum atomic E-state index is -0.141. The Morgan fingerprint density at radius 2 is 1.94 bits per heavy atom. The Morgan fingerprint density at radius 3 is 2.41 bits per heavy atom. The summed E-state index contributed by atoms with van der Waals surface area (Å²) < 4.78 is 0.901. The van der Waals surface area contributed by atoms with Crippen molar-refractivity contribution in [3.63, 3.8) is 0 Å². The van der Waals surface area contributed by atoms with Gasteiger partial charge in [-0.25, -0.2) is 0 Å². The van der Waals surface area contributed by atoms with E-state index in [1.165, 1.54) is 0 Å². The minimum absolute atomic E-state index is 0.141. The highest BCUT2D eigenvalue weighted by Gasteiger charge is 2.13. The zero-order valence-electron chi connectivity index (χ0n) is 9.52. The van der Waals surface area contributed by atoms with Crippen LogP contribution in [0, 0.1) is 22.7 Å². The van der Waals surface area contributed by atoms with Gasteiger partial charge in [0.1, 0.15) is 13.1 Å². The summed E-state index contributed by atoms with van der Waals surface area (Å²) >= 11 is 3.38. The Labute approximate surface area is 109 Å². The van der Waals surface area contributed by atoms with E-state index in [2.05, 4.69) is 28.1 Å². The van der Waals surface area contributed by atoms with Crippen LogP contribution in [-0.2, 0) is 0 Å². The molecule has 0 heterocycles. The van der Waals surface area contributed by atoms with E-state index in [0.29, 0.717) is 0 Å². The van der Waals surface area contributed by atoms with Gasteiger partial charge in [-0.05, 0) is 24.6 Å². The van der Waals surface area contributed by atoms with E-state index in [9.17, 15) is 0 Å². The van der Waals surface area contributed by atoms with Crippen LogP contribution in [0.25, 0.3) is 0 Å². The molecule has 1 atom stereocenters. The number of halogens is 1. The molecule has 0 saturated carbocycles. The summed E-state index contributed by atoms with van der Waals surface area (Å²) in [4.78, 5) is 1.71. The quantitative estimate of drug-likeness (QED) is 0.864. The van der Waals surface area contributed by atoms with Crippen LogP contribution >= 0.6 is 15.9 Å². The molecule has 0 aromatic heterocycles. The van der Waals surface area contributed by atoms with Crippen molar-refractivity contribution < 1.29 is 0 Å². The second-order valence-electron chi connectivity index (χ2n) is 3.66. The van der Waals surface area contributed by atoms with E-state index in [1.54, 1.807) is 4.90 Å². The van der Waals surface area contributed by atoms with Gasteiger partial charge in [0.25, 0.3) is 0 Å². The normalized spacial score (nSPS) is 11.4. The molecule has 5 heteroatoms. The lowest BCUT2D eigenvalue weighted by Gasteiger charge is -2.23. The predicted molar refractivity (Wildman–Crippen MR) is 70.2 cm³/mol. The van der Waals surface area contributed by atoms with E-state index < -0.39 is 0 Å². The first-order valence-corrected chi connectivity index (χ1v) is 5.93. The zero-order chi connectivity index (χ0) is 12.8. The summed E-state index contributed by atoms with van der Waals surface area (Å²) in [5, 5.41) is 17.6. The monoisotopic (exact) mass is 292 g/mol. The van der Waals surface area contributed by atoms with E-state index >= 15 is 0 Å². The summed E-state index contributed by atoms with van der Waals surface area (Å²) in [6.07, 6.45) is 0. The topological polar surface area (TPSA) is 76.8 Å². The van der Waals surface area contributed by atoms with Gasteiger partial charge >= 0.3 is 0 Å². The smallest absolute Gasteiger partial charge is 0.106 e. The Bertz CT molecular complexity index is 454. The highest BCUT2D eigenvalue weighted by molar-refractivity contribution is 9.10. The van der Waals surface area contributed by atoms with Gasteiger partial charge in [0.2, 0.25) is 0 Å². The number of hydrogen-bond acceptors (Lipinski definition) is 4.